The summed E-state index contributed by atoms with van der Waals surface area (Å²) in [6.07, 6.45) is 3.91. The Morgan fingerprint density at radius 3 is 3.16 bits per heavy atom. The molecule has 3 rings (SSSR count). The Morgan fingerprint density at radius 2 is 2.32 bits per heavy atom. The largest absolute Gasteiger partial charge is 0.495 e. The Kier molecular flexibility index (Phi) is 4.03. The number of benzene rings is 1. The molecule has 1 heterocycles. The number of rotatable bonds is 2. The number of aliphatic imine (C=N–C) groups is 1. The third-order valence-electron chi connectivity index (χ3n) is 3.74. The first-order valence-electron chi connectivity index (χ1n) is 6.57. The lowest BCUT2D eigenvalue weighted by Crippen LogP contribution is -2.25. The fraction of sp³-hybridized carbons (Fsp3) is 0.500. The van der Waals surface area contributed by atoms with Gasteiger partial charge in [-0.25, -0.2) is 0 Å². The number of nitrogens with one attached hydrogen (secondary N) is 1. The maximum absolute atomic E-state index is 5.38. The van der Waals surface area contributed by atoms with Gasteiger partial charge in [0.15, 0.2) is 5.17 Å². The first-order valence-corrected chi connectivity index (χ1v) is 8.35. The minimum atomic E-state index is 0.530. The summed E-state index contributed by atoms with van der Waals surface area (Å²) in [5.41, 5.74) is 0.972. The number of hydrogen-bond donors (Lipinski definition) is 1. The normalized spacial score (nSPS) is 25.7. The Bertz CT molecular complexity index is 506. The highest BCUT2D eigenvalue weighted by atomic mass is 79.9. The Morgan fingerprint density at radius 1 is 1.42 bits per heavy atom. The summed E-state index contributed by atoms with van der Waals surface area (Å²) in [5, 5.41) is 4.44. The number of methoxy groups -OCH3 is 1. The number of amidine groups is 1. The Balaban J connectivity index is 1.79. The van der Waals surface area contributed by atoms with Crippen LogP contribution in [0.5, 0.6) is 5.75 Å². The van der Waals surface area contributed by atoms with E-state index >= 15 is 0 Å². The van der Waals surface area contributed by atoms with E-state index in [0.29, 0.717) is 6.04 Å². The lowest BCUT2D eigenvalue weighted by molar-refractivity contribution is 0.417. The van der Waals surface area contributed by atoms with Crippen molar-refractivity contribution >= 4 is 38.5 Å². The number of nitrogens with zero attached hydrogens (tertiary/aromatic N) is 1. The molecule has 0 spiro atoms. The van der Waals surface area contributed by atoms with Crippen LogP contribution >= 0.6 is 27.7 Å². The number of anilines is 1. The van der Waals surface area contributed by atoms with Crippen LogP contribution in [0.25, 0.3) is 0 Å². The minimum absolute atomic E-state index is 0.530. The van der Waals surface area contributed by atoms with Gasteiger partial charge in [0.05, 0.1) is 18.8 Å². The smallest absolute Gasteiger partial charge is 0.161 e. The van der Waals surface area contributed by atoms with Crippen molar-refractivity contribution in [1.82, 2.24) is 0 Å². The van der Waals surface area contributed by atoms with Gasteiger partial charge in [0.1, 0.15) is 5.75 Å². The zero-order chi connectivity index (χ0) is 13.2. The van der Waals surface area contributed by atoms with Crippen molar-refractivity contribution in [2.24, 2.45) is 10.9 Å². The summed E-state index contributed by atoms with van der Waals surface area (Å²) in [7, 11) is 1.69. The lowest BCUT2D eigenvalue weighted by atomic mass is 10.1. The van der Waals surface area contributed by atoms with Crippen LogP contribution < -0.4 is 10.1 Å². The van der Waals surface area contributed by atoms with E-state index < -0.39 is 0 Å². The van der Waals surface area contributed by atoms with Crippen molar-refractivity contribution < 1.29 is 4.74 Å². The molecule has 1 aromatic rings. The molecule has 1 aromatic carbocycles. The molecule has 1 fully saturated rings. The number of thioether (sulfide) groups is 1. The minimum Gasteiger partial charge on any atom is -0.495 e. The van der Waals surface area contributed by atoms with E-state index in [9.17, 15) is 0 Å². The first-order chi connectivity index (χ1) is 9.26. The average molecular weight is 341 g/mol. The predicted molar refractivity (Wildman–Crippen MR) is 85.3 cm³/mol. The number of ether oxygens (including phenoxy) is 1. The number of hydrogen-bond acceptors (Lipinski definition) is 4. The zero-order valence-corrected chi connectivity index (χ0v) is 13.3. The van der Waals surface area contributed by atoms with E-state index in [1.165, 1.54) is 25.0 Å². The van der Waals surface area contributed by atoms with E-state index in [1.807, 2.05) is 30.0 Å². The molecule has 1 aliphatic carbocycles. The van der Waals surface area contributed by atoms with Crippen molar-refractivity contribution in [3.05, 3.63) is 22.7 Å². The molecule has 2 aliphatic rings. The first kappa shape index (κ1) is 13.3. The molecule has 3 nitrogen and oxygen atoms in total. The fourth-order valence-corrected chi connectivity index (χ4v) is 4.23. The highest BCUT2D eigenvalue weighted by Gasteiger charge is 2.31. The summed E-state index contributed by atoms with van der Waals surface area (Å²) in [6.45, 7) is 0. The summed E-state index contributed by atoms with van der Waals surface area (Å²) >= 11 is 5.32. The van der Waals surface area contributed by atoms with Gasteiger partial charge >= 0.3 is 0 Å². The molecule has 102 valence electrons. The molecular formula is C14H17BrN2OS. The lowest BCUT2D eigenvalue weighted by Gasteiger charge is -2.24. The van der Waals surface area contributed by atoms with Crippen LogP contribution in [0.3, 0.4) is 0 Å². The average Bonchev–Trinajstić information content (AvgIpc) is 2.86. The van der Waals surface area contributed by atoms with Gasteiger partial charge in [-0.3, -0.25) is 4.99 Å². The summed E-state index contributed by atoms with van der Waals surface area (Å²) in [4.78, 5) is 4.84. The second-order valence-electron chi connectivity index (χ2n) is 4.97. The number of fused-ring (bicyclic) bond motifs is 1. The molecule has 0 saturated heterocycles. The number of halogens is 1. The van der Waals surface area contributed by atoms with Crippen LogP contribution in [-0.4, -0.2) is 24.1 Å². The van der Waals surface area contributed by atoms with Gasteiger partial charge in [0.25, 0.3) is 0 Å². The van der Waals surface area contributed by atoms with Crippen molar-refractivity contribution in [3.63, 3.8) is 0 Å². The van der Waals surface area contributed by atoms with E-state index in [0.717, 1.165) is 27.0 Å². The fourth-order valence-electron chi connectivity index (χ4n) is 2.72. The maximum atomic E-state index is 5.38. The molecule has 19 heavy (non-hydrogen) atoms. The molecule has 1 aliphatic heterocycles. The van der Waals surface area contributed by atoms with Gasteiger partial charge < -0.3 is 10.1 Å². The standard InChI is InChI=1S/C14H17BrN2OS/c1-18-13-6-5-10(15)7-12(13)17-14-16-11-4-2-3-9(11)8-19-14/h5-7,9,11H,2-4,8H2,1H3,(H,16,17). The third-order valence-corrected chi connectivity index (χ3v) is 5.31. The molecular weight excluding hydrogens is 324 g/mol. The monoisotopic (exact) mass is 340 g/mol. The second-order valence-corrected chi connectivity index (χ2v) is 6.90. The molecule has 0 amide bonds. The highest BCUT2D eigenvalue weighted by Crippen LogP contribution is 2.36. The molecule has 0 aromatic heterocycles. The topological polar surface area (TPSA) is 33.6 Å². The zero-order valence-electron chi connectivity index (χ0n) is 10.9. The summed E-state index contributed by atoms with van der Waals surface area (Å²) < 4.78 is 6.42. The van der Waals surface area contributed by atoms with Gasteiger partial charge in [-0.2, -0.15) is 0 Å². The second kappa shape index (κ2) is 5.75. The van der Waals surface area contributed by atoms with E-state index in [4.69, 9.17) is 9.73 Å². The predicted octanol–water partition coefficient (Wildman–Crippen LogP) is 4.14. The molecule has 0 radical (unpaired) electrons. The van der Waals surface area contributed by atoms with Crippen LogP contribution in [-0.2, 0) is 0 Å². The summed E-state index contributed by atoms with van der Waals surface area (Å²) in [6, 6.07) is 6.50. The van der Waals surface area contributed by atoms with Gasteiger partial charge in [-0.05, 0) is 37.0 Å². The van der Waals surface area contributed by atoms with Crippen molar-refractivity contribution in [3.8, 4) is 5.75 Å². The van der Waals surface area contributed by atoms with Gasteiger partial charge in [-0.15, -0.1) is 0 Å². The Hall–Kier alpha value is -0.680. The molecule has 2 unspecified atom stereocenters. The van der Waals surface area contributed by atoms with Crippen LogP contribution in [0.1, 0.15) is 19.3 Å². The van der Waals surface area contributed by atoms with Crippen LogP contribution in [0, 0.1) is 5.92 Å². The molecule has 1 saturated carbocycles. The van der Waals surface area contributed by atoms with Crippen molar-refractivity contribution in [2.75, 3.05) is 18.2 Å². The van der Waals surface area contributed by atoms with Crippen LogP contribution in [0.15, 0.2) is 27.7 Å². The van der Waals surface area contributed by atoms with Crippen LogP contribution in [0.4, 0.5) is 5.69 Å². The Labute approximate surface area is 126 Å². The SMILES string of the molecule is COc1ccc(Br)cc1NC1=NC2CCCC2CS1. The molecule has 5 heteroatoms. The van der Waals surface area contributed by atoms with E-state index in [1.54, 1.807) is 7.11 Å². The molecule has 1 N–H and O–H groups in total. The molecule has 0 bridgehead atoms. The maximum Gasteiger partial charge on any atom is 0.161 e. The third kappa shape index (κ3) is 2.92. The van der Waals surface area contributed by atoms with Crippen molar-refractivity contribution in [1.29, 1.82) is 0 Å². The van der Waals surface area contributed by atoms with Gasteiger partial charge in [0.2, 0.25) is 0 Å². The molecule has 2 atom stereocenters. The van der Waals surface area contributed by atoms with Crippen LogP contribution in [0.2, 0.25) is 0 Å². The highest BCUT2D eigenvalue weighted by molar-refractivity contribution is 9.10. The quantitative estimate of drug-likeness (QED) is 0.878. The van der Waals surface area contributed by atoms with Gasteiger partial charge in [0, 0.05) is 10.2 Å². The van der Waals surface area contributed by atoms with E-state index in [-0.39, 0.29) is 0 Å². The summed E-state index contributed by atoms with van der Waals surface area (Å²) in [5.74, 6) is 2.83. The van der Waals surface area contributed by atoms with E-state index in [2.05, 4.69) is 21.2 Å². The van der Waals surface area contributed by atoms with Gasteiger partial charge in [-0.1, -0.05) is 34.1 Å². The van der Waals surface area contributed by atoms with Crippen molar-refractivity contribution in [2.45, 2.75) is 25.3 Å².